The normalized spacial score (nSPS) is 19.6. The molecule has 0 radical (unpaired) electrons. The van der Waals surface area contributed by atoms with Crippen molar-refractivity contribution >= 4 is 5.91 Å². The van der Waals surface area contributed by atoms with E-state index >= 15 is 0 Å². The van der Waals surface area contributed by atoms with E-state index in [0.29, 0.717) is 30.3 Å². The van der Waals surface area contributed by atoms with E-state index in [0.717, 1.165) is 25.7 Å². The number of fused-ring (bicyclic) bond motifs is 1. The molecule has 1 heterocycles. The number of ether oxygens (including phenoxy) is 2. The van der Waals surface area contributed by atoms with Crippen LogP contribution in [0.1, 0.15) is 36.0 Å². The Hall–Kier alpha value is -1.75. The van der Waals surface area contributed by atoms with Gasteiger partial charge in [-0.25, -0.2) is 0 Å². The van der Waals surface area contributed by atoms with Crippen molar-refractivity contribution < 1.29 is 19.4 Å². The van der Waals surface area contributed by atoms with Gasteiger partial charge in [0, 0.05) is 12.0 Å². The molecule has 0 spiro atoms. The third kappa shape index (κ3) is 2.45. The summed E-state index contributed by atoms with van der Waals surface area (Å²) >= 11 is 0. The molecule has 5 heteroatoms. The van der Waals surface area contributed by atoms with Crippen molar-refractivity contribution in [2.24, 2.45) is 0 Å². The molecule has 2 aliphatic rings. The average Bonchev–Trinajstić information content (AvgIpc) is 2.67. The van der Waals surface area contributed by atoms with Gasteiger partial charge in [0.1, 0.15) is 0 Å². The second-order valence-corrected chi connectivity index (χ2v) is 5.46. The van der Waals surface area contributed by atoms with Crippen LogP contribution in [0.4, 0.5) is 0 Å². The van der Waals surface area contributed by atoms with E-state index in [2.05, 4.69) is 5.32 Å². The Labute approximate surface area is 117 Å². The molecule has 1 aromatic carbocycles. The van der Waals surface area contributed by atoms with E-state index in [1.807, 2.05) is 0 Å². The highest BCUT2D eigenvalue weighted by Crippen LogP contribution is 2.33. The van der Waals surface area contributed by atoms with Crippen LogP contribution in [0.2, 0.25) is 0 Å². The molecular weight excluding hydrogens is 258 g/mol. The first-order valence-corrected chi connectivity index (χ1v) is 7.05. The summed E-state index contributed by atoms with van der Waals surface area (Å²) in [7, 11) is 0. The quantitative estimate of drug-likeness (QED) is 0.878. The maximum Gasteiger partial charge on any atom is 0.251 e. The number of aliphatic hydroxyl groups excluding tert-OH is 1. The van der Waals surface area contributed by atoms with Crippen LogP contribution in [0.3, 0.4) is 0 Å². The summed E-state index contributed by atoms with van der Waals surface area (Å²) in [5, 5.41) is 12.3. The Kier molecular flexibility index (Phi) is 3.53. The van der Waals surface area contributed by atoms with Crippen molar-refractivity contribution in [3.63, 3.8) is 0 Å². The third-order valence-electron chi connectivity index (χ3n) is 4.00. The van der Waals surface area contributed by atoms with E-state index in [1.165, 1.54) is 0 Å². The fraction of sp³-hybridized carbons (Fsp3) is 0.533. The zero-order chi connectivity index (χ0) is 14.0. The van der Waals surface area contributed by atoms with Crippen LogP contribution in [0, 0.1) is 0 Å². The number of aliphatic hydroxyl groups is 1. The molecule has 1 saturated carbocycles. The van der Waals surface area contributed by atoms with E-state index in [-0.39, 0.29) is 12.5 Å². The molecule has 3 rings (SSSR count). The fourth-order valence-corrected chi connectivity index (χ4v) is 2.54. The Balaban J connectivity index is 1.76. The van der Waals surface area contributed by atoms with Gasteiger partial charge in [0.2, 0.25) is 0 Å². The van der Waals surface area contributed by atoms with E-state index < -0.39 is 5.54 Å². The van der Waals surface area contributed by atoms with Gasteiger partial charge >= 0.3 is 0 Å². The number of carbonyl (C=O) groups excluding carboxylic acids is 1. The number of rotatable bonds is 3. The van der Waals surface area contributed by atoms with Gasteiger partial charge in [0.05, 0.1) is 25.4 Å². The number of amides is 1. The lowest BCUT2D eigenvalue weighted by Crippen LogP contribution is -2.56. The summed E-state index contributed by atoms with van der Waals surface area (Å²) < 4.78 is 11.1. The number of benzene rings is 1. The van der Waals surface area contributed by atoms with Gasteiger partial charge in [-0.05, 0) is 37.5 Å². The van der Waals surface area contributed by atoms with Crippen molar-refractivity contribution in [1.29, 1.82) is 0 Å². The van der Waals surface area contributed by atoms with Crippen LogP contribution in [0.5, 0.6) is 11.5 Å². The van der Waals surface area contributed by atoms with Crippen LogP contribution >= 0.6 is 0 Å². The maximum absolute atomic E-state index is 12.3. The highest BCUT2D eigenvalue weighted by atomic mass is 16.5. The molecule has 0 unspecified atom stereocenters. The molecule has 1 amide bonds. The summed E-state index contributed by atoms with van der Waals surface area (Å²) in [4.78, 5) is 12.3. The second kappa shape index (κ2) is 5.32. The number of hydrogen-bond acceptors (Lipinski definition) is 4. The molecule has 1 aromatic rings. The molecule has 1 fully saturated rings. The first-order valence-electron chi connectivity index (χ1n) is 7.05. The minimum absolute atomic E-state index is 0.0106. The van der Waals surface area contributed by atoms with Crippen LogP contribution in [0.25, 0.3) is 0 Å². The Bertz CT molecular complexity index is 505. The van der Waals surface area contributed by atoms with Crippen molar-refractivity contribution in [2.75, 3.05) is 19.8 Å². The Morgan fingerprint density at radius 3 is 2.60 bits per heavy atom. The zero-order valence-electron chi connectivity index (χ0n) is 11.4. The molecule has 108 valence electrons. The predicted molar refractivity (Wildman–Crippen MR) is 73.2 cm³/mol. The molecule has 20 heavy (non-hydrogen) atoms. The van der Waals surface area contributed by atoms with E-state index in [9.17, 15) is 9.90 Å². The fourth-order valence-electron chi connectivity index (χ4n) is 2.54. The van der Waals surface area contributed by atoms with Gasteiger partial charge < -0.3 is 19.9 Å². The Morgan fingerprint density at radius 1 is 1.20 bits per heavy atom. The smallest absolute Gasteiger partial charge is 0.251 e. The topological polar surface area (TPSA) is 67.8 Å². The second-order valence-electron chi connectivity index (χ2n) is 5.46. The summed E-state index contributed by atoms with van der Waals surface area (Å²) in [5.41, 5.74) is 0.107. The van der Waals surface area contributed by atoms with Crippen LogP contribution in [-0.2, 0) is 0 Å². The monoisotopic (exact) mass is 277 g/mol. The Morgan fingerprint density at radius 2 is 1.95 bits per heavy atom. The molecule has 0 aromatic heterocycles. The lowest BCUT2D eigenvalue weighted by molar-refractivity contribution is 0.0641. The van der Waals surface area contributed by atoms with Crippen molar-refractivity contribution in [2.45, 2.75) is 31.2 Å². The van der Waals surface area contributed by atoms with Crippen molar-refractivity contribution in [3.05, 3.63) is 23.8 Å². The first kappa shape index (κ1) is 13.2. The first-order chi connectivity index (χ1) is 9.72. The van der Waals surface area contributed by atoms with E-state index in [1.54, 1.807) is 18.2 Å². The molecule has 5 nitrogen and oxygen atoms in total. The standard InChI is InChI=1S/C15H19NO4/c17-10-15(5-1-6-15)16-14(18)11-3-4-12-13(9-11)20-8-2-7-19-12/h3-4,9,17H,1-2,5-8,10H2,(H,16,18). The summed E-state index contributed by atoms with van der Waals surface area (Å²) in [6.07, 6.45) is 3.55. The largest absolute Gasteiger partial charge is 0.490 e. The van der Waals surface area contributed by atoms with Gasteiger partial charge in [0.15, 0.2) is 11.5 Å². The van der Waals surface area contributed by atoms with Gasteiger partial charge in [0.25, 0.3) is 5.91 Å². The maximum atomic E-state index is 12.3. The summed E-state index contributed by atoms with van der Waals surface area (Å²) in [5.74, 6) is 1.12. The number of nitrogens with one attached hydrogen (secondary N) is 1. The third-order valence-corrected chi connectivity index (χ3v) is 4.00. The van der Waals surface area contributed by atoms with Gasteiger partial charge in [-0.1, -0.05) is 0 Å². The molecule has 1 aliphatic carbocycles. The lowest BCUT2D eigenvalue weighted by Gasteiger charge is -2.40. The molecule has 0 bridgehead atoms. The van der Waals surface area contributed by atoms with Gasteiger partial charge in [-0.2, -0.15) is 0 Å². The van der Waals surface area contributed by atoms with E-state index in [4.69, 9.17) is 9.47 Å². The lowest BCUT2D eigenvalue weighted by atomic mass is 9.77. The minimum atomic E-state index is -0.429. The van der Waals surface area contributed by atoms with Crippen LogP contribution < -0.4 is 14.8 Å². The summed E-state index contributed by atoms with van der Waals surface area (Å²) in [6, 6.07) is 5.20. The molecule has 0 saturated heterocycles. The molecule has 1 aliphatic heterocycles. The SMILES string of the molecule is O=C(NC1(CO)CCC1)c1ccc2c(c1)OCCCO2. The highest BCUT2D eigenvalue weighted by molar-refractivity contribution is 5.95. The van der Waals surface area contributed by atoms with Crippen LogP contribution in [0.15, 0.2) is 18.2 Å². The highest BCUT2D eigenvalue weighted by Gasteiger charge is 2.37. The molecular formula is C15H19NO4. The summed E-state index contributed by atoms with van der Waals surface area (Å²) in [6.45, 7) is 1.22. The molecule has 2 N–H and O–H groups in total. The van der Waals surface area contributed by atoms with Crippen LogP contribution in [-0.4, -0.2) is 36.4 Å². The van der Waals surface area contributed by atoms with Crippen molar-refractivity contribution in [3.8, 4) is 11.5 Å². The minimum Gasteiger partial charge on any atom is -0.490 e. The molecule has 0 atom stereocenters. The zero-order valence-corrected chi connectivity index (χ0v) is 11.4. The average molecular weight is 277 g/mol. The number of carbonyl (C=O) groups is 1. The predicted octanol–water partition coefficient (Wildman–Crippen LogP) is 1.49. The van der Waals surface area contributed by atoms with Gasteiger partial charge in [-0.3, -0.25) is 4.79 Å². The van der Waals surface area contributed by atoms with Gasteiger partial charge in [-0.15, -0.1) is 0 Å². The number of hydrogen-bond donors (Lipinski definition) is 2. The van der Waals surface area contributed by atoms with Crippen molar-refractivity contribution in [1.82, 2.24) is 5.32 Å².